The Morgan fingerprint density at radius 1 is 1.90 bits per heavy atom. The van der Waals surface area contributed by atoms with Crippen LogP contribution in [-0.4, -0.2) is 15.6 Å². The predicted octanol–water partition coefficient (Wildman–Crippen LogP) is 0.187. The maximum absolute atomic E-state index is 7.11. The van der Waals surface area contributed by atoms with E-state index in [-0.39, 0.29) is 5.84 Å². The minimum atomic E-state index is 0.0688. The molecule has 0 aliphatic rings. The number of hydrogen-bond donors (Lipinski definition) is 2. The van der Waals surface area contributed by atoms with E-state index in [1.807, 2.05) is 6.92 Å². The summed E-state index contributed by atoms with van der Waals surface area (Å²) in [4.78, 5) is 0. The van der Waals surface area contributed by atoms with Crippen LogP contribution in [0.4, 0.5) is 0 Å². The number of rotatable bonds is 2. The summed E-state index contributed by atoms with van der Waals surface area (Å²) in [5, 5.41) is 11.1. The molecule has 0 aromatic carbocycles. The Bertz CT molecular complexity index is 238. The molecule has 0 radical (unpaired) electrons. The van der Waals surface area contributed by atoms with Crippen LogP contribution in [0, 0.1) is 5.41 Å². The normalized spacial score (nSPS) is 9.70. The Morgan fingerprint density at radius 2 is 2.60 bits per heavy atom. The van der Waals surface area contributed by atoms with E-state index in [4.69, 9.17) is 11.1 Å². The summed E-state index contributed by atoms with van der Waals surface area (Å²) in [6.45, 7) is 2.71. The summed E-state index contributed by atoms with van der Waals surface area (Å²) in [5.41, 5.74) is 5.94. The monoisotopic (exact) mass is 138 g/mol. The van der Waals surface area contributed by atoms with Crippen molar-refractivity contribution in [3.63, 3.8) is 0 Å². The second kappa shape index (κ2) is 2.51. The minimum Gasteiger partial charge on any atom is -0.382 e. The fraction of sp³-hybridized carbons (Fsp3) is 0.333. The van der Waals surface area contributed by atoms with Crippen LogP contribution in [0.15, 0.2) is 12.3 Å². The average molecular weight is 138 g/mol. The van der Waals surface area contributed by atoms with E-state index in [9.17, 15) is 0 Å². The first-order valence-corrected chi connectivity index (χ1v) is 3.12. The number of amidine groups is 1. The third-order valence-corrected chi connectivity index (χ3v) is 1.29. The van der Waals surface area contributed by atoms with Gasteiger partial charge in [0.05, 0.1) is 0 Å². The van der Waals surface area contributed by atoms with Crippen molar-refractivity contribution in [3.05, 3.63) is 18.0 Å². The molecular formula is C6H10N4. The quantitative estimate of drug-likeness (QED) is 0.452. The van der Waals surface area contributed by atoms with Gasteiger partial charge in [-0.15, -0.1) is 0 Å². The van der Waals surface area contributed by atoms with Crippen LogP contribution >= 0.6 is 0 Å². The van der Waals surface area contributed by atoms with E-state index in [1.54, 1.807) is 16.9 Å². The van der Waals surface area contributed by atoms with Gasteiger partial charge in [0.2, 0.25) is 0 Å². The summed E-state index contributed by atoms with van der Waals surface area (Å²) < 4.78 is 1.68. The molecular weight excluding hydrogens is 128 g/mol. The van der Waals surface area contributed by atoms with Crippen molar-refractivity contribution in [2.75, 3.05) is 0 Å². The highest BCUT2D eigenvalue weighted by Gasteiger charge is 2.00. The molecule has 1 aromatic heterocycles. The van der Waals surface area contributed by atoms with Gasteiger partial charge in [0.1, 0.15) is 11.5 Å². The minimum absolute atomic E-state index is 0.0688. The molecule has 0 fully saturated rings. The molecule has 0 spiro atoms. The molecule has 4 nitrogen and oxygen atoms in total. The molecule has 0 saturated heterocycles. The average Bonchev–Trinajstić information content (AvgIpc) is 2.33. The molecule has 0 atom stereocenters. The molecule has 0 saturated carbocycles. The highest BCUT2D eigenvalue weighted by atomic mass is 15.3. The number of aryl methyl sites for hydroxylation is 1. The van der Waals surface area contributed by atoms with Gasteiger partial charge in [-0.05, 0) is 13.0 Å². The van der Waals surface area contributed by atoms with Crippen molar-refractivity contribution < 1.29 is 0 Å². The van der Waals surface area contributed by atoms with Crippen LogP contribution in [0.2, 0.25) is 0 Å². The Kier molecular flexibility index (Phi) is 1.71. The molecule has 0 unspecified atom stereocenters. The lowest BCUT2D eigenvalue weighted by atomic mass is 10.4. The Morgan fingerprint density at radius 3 is 3.00 bits per heavy atom. The summed E-state index contributed by atoms with van der Waals surface area (Å²) in [6, 6.07) is 1.73. The largest absolute Gasteiger partial charge is 0.382 e. The lowest BCUT2D eigenvalue weighted by molar-refractivity contribution is 0.653. The summed E-state index contributed by atoms with van der Waals surface area (Å²) in [6.07, 6.45) is 1.64. The van der Waals surface area contributed by atoms with E-state index in [1.165, 1.54) is 0 Å². The fourth-order valence-electron chi connectivity index (χ4n) is 0.813. The van der Waals surface area contributed by atoms with Gasteiger partial charge in [0, 0.05) is 12.7 Å². The molecule has 0 aliphatic heterocycles. The van der Waals surface area contributed by atoms with Gasteiger partial charge in [0.15, 0.2) is 0 Å². The smallest absolute Gasteiger partial charge is 0.141 e. The zero-order chi connectivity index (χ0) is 7.56. The van der Waals surface area contributed by atoms with Gasteiger partial charge in [-0.3, -0.25) is 10.1 Å². The zero-order valence-electron chi connectivity index (χ0n) is 5.83. The van der Waals surface area contributed by atoms with Crippen LogP contribution in [0.3, 0.4) is 0 Å². The van der Waals surface area contributed by atoms with E-state index >= 15 is 0 Å². The molecule has 0 amide bonds. The zero-order valence-corrected chi connectivity index (χ0v) is 5.83. The standard InChI is InChI=1S/C6H10N4/c1-2-10-5(6(7)8)3-4-9-10/h3-4H,2H2,1H3,(H3,7,8). The van der Waals surface area contributed by atoms with Crippen molar-refractivity contribution in [1.29, 1.82) is 5.41 Å². The molecule has 1 heterocycles. The van der Waals surface area contributed by atoms with Crippen molar-refractivity contribution in [3.8, 4) is 0 Å². The first-order chi connectivity index (χ1) is 4.75. The topological polar surface area (TPSA) is 67.7 Å². The number of nitrogens with one attached hydrogen (secondary N) is 1. The number of nitrogens with two attached hydrogens (primary N) is 1. The van der Waals surface area contributed by atoms with Gasteiger partial charge in [-0.1, -0.05) is 0 Å². The van der Waals surface area contributed by atoms with Crippen LogP contribution in [-0.2, 0) is 6.54 Å². The van der Waals surface area contributed by atoms with Crippen molar-refractivity contribution in [2.24, 2.45) is 5.73 Å². The molecule has 4 heteroatoms. The van der Waals surface area contributed by atoms with Crippen LogP contribution < -0.4 is 5.73 Å². The highest BCUT2D eigenvalue weighted by molar-refractivity contribution is 5.93. The van der Waals surface area contributed by atoms with Crippen LogP contribution in [0.1, 0.15) is 12.6 Å². The number of hydrogen-bond acceptors (Lipinski definition) is 2. The Hall–Kier alpha value is -1.32. The Labute approximate surface area is 59.2 Å². The van der Waals surface area contributed by atoms with Gasteiger partial charge in [-0.25, -0.2) is 0 Å². The van der Waals surface area contributed by atoms with Gasteiger partial charge < -0.3 is 5.73 Å². The summed E-state index contributed by atoms with van der Waals surface area (Å²) >= 11 is 0. The second-order valence-corrected chi connectivity index (χ2v) is 1.95. The molecule has 54 valence electrons. The van der Waals surface area contributed by atoms with Crippen LogP contribution in [0.5, 0.6) is 0 Å². The second-order valence-electron chi connectivity index (χ2n) is 1.95. The molecule has 1 aromatic rings. The van der Waals surface area contributed by atoms with E-state index < -0.39 is 0 Å². The van der Waals surface area contributed by atoms with Crippen LogP contribution in [0.25, 0.3) is 0 Å². The number of aromatic nitrogens is 2. The van der Waals surface area contributed by atoms with Gasteiger partial charge in [-0.2, -0.15) is 5.10 Å². The number of nitrogen functional groups attached to an aromatic ring is 1. The van der Waals surface area contributed by atoms with Crippen molar-refractivity contribution in [1.82, 2.24) is 9.78 Å². The van der Waals surface area contributed by atoms with Gasteiger partial charge >= 0.3 is 0 Å². The molecule has 10 heavy (non-hydrogen) atoms. The van der Waals surface area contributed by atoms with E-state index in [2.05, 4.69) is 5.10 Å². The highest BCUT2D eigenvalue weighted by Crippen LogP contribution is 1.95. The van der Waals surface area contributed by atoms with E-state index in [0.717, 1.165) is 6.54 Å². The molecule has 3 N–H and O–H groups in total. The molecule has 1 rings (SSSR count). The maximum Gasteiger partial charge on any atom is 0.141 e. The SMILES string of the molecule is CCn1nccc1C(=N)N. The summed E-state index contributed by atoms with van der Waals surface area (Å²) in [5.74, 6) is 0.0688. The summed E-state index contributed by atoms with van der Waals surface area (Å²) in [7, 11) is 0. The lowest BCUT2D eigenvalue weighted by Gasteiger charge is -1.99. The number of nitrogens with zero attached hydrogens (tertiary/aromatic N) is 2. The third-order valence-electron chi connectivity index (χ3n) is 1.29. The van der Waals surface area contributed by atoms with E-state index in [0.29, 0.717) is 5.69 Å². The lowest BCUT2D eigenvalue weighted by Crippen LogP contribution is -2.16. The predicted molar refractivity (Wildman–Crippen MR) is 38.9 cm³/mol. The van der Waals surface area contributed by atoms with Gasteiger partial charge in [0.25, 0.3) is 0 Å². The van der Waals surface area contributed by atoms with Crippen molar-refractivity contribution in [2.45, 2.75) is 13.5 Å². The Balaban J connectivity index is 3.01. The maximum atomic E-state index is 7.11. The molecule has 0 aliphatic carbocycles. The third kappa shape index (κ3) is 1.00. The first kappa shape index (κ1) is 6.80. The first-order valence-electron chi connectivity index (χ1n) is 3.12. The molecule has 0 bridgehead atoms. The van der Waals surface area contributed by atoms with Crippen molar-refractivity contribution >= 4 is 5.84 Å². The fourth-order valence-corrected chi connectivity index (χ4v) is 0.813.